The molecule has 4 rings (SSSR count). The number of rotatable bonds is 5. The van der Waals surface area contributed by atoms with E-state index in [1.807, 2.05) is 65.4 Å². The van der Waals surface area contributed by atoms with Gasteiger partial charge in [0, 0.05) is 39.9 Å². The van der Waals surface area contributed by atoms with Gasteiger partial charge in [-0.25, -0.2) is 8.42 Å². The lowest BCUT2D eigenvalue weighted by Crippen LogP contribution is -2.03. The number of fused-ring (bicyclic) bond motifs is 1. The number of hydrogen-bond acceptors (Lipinski definition) is 4. The third-order valence-electron chi connectivity index (χ3n) is 4.94. The minimum absolute atomic E-state index is 0.0252. The first-order valence-electron chi connectivity index (χ1n) is 9.43. The van der Waals surface area contributed by atoms with Crippen LogP contribution in [-0.4, -0.2) is 13.0 Å². The van der Waals surface area contributed by atoms with Crippen molar-refractivity contribution in [2.75, 3.05) is 5.73 Å². The lowest BCUT2D eigenvalue weighted by atomic mass is 10.1. The summed E-state index contributed by atoms with van der Waals surface area (Å²) < 4.78 is 28.0. The number of sulfone groups is 1. The summed E-state index contributed by atoms with van der Waals surface area (Å²) in [5.74, 6) is 0. The predicted octanol–water partition coefficient (Wildman–Crippen LogP) is 5.26. The molecule has 3 aromatic carbocycles. The number of para-hydroxylation sites is 1. The molecule has 0 saturated heterocycles. The first kappa shape index (κ1) is 20.7. The molecule has 0 aliphatic carbocycles. The van der Waals surface area contributed by atoms with Crippen molar-refractivity contribution in [3.05, 3.63) is 100 Å². The van der Waals surface area contributed by atoms with Crippen molar-refractivity contribution in [1.29, 1.82) is 5.26 Å². The highest BCUT2D eigenvalue weighted by molar-refractivity contribution is 7.95. The van der Waals surface area contributed by atoms with Crippen LogP contribution in [0.3, 0.4) is 0 Å². The highest BCUT2D eigenvalue weighted by Gasteiger charge is 2.21. The molecule has 31 heavy (non-hydrogen) atoms. The van der Waals surface area contributed by atoms with Crippen LogP contribution in [0.15, 0.2) is 88.8 Å². The van der Waals surface area contributed by atoms with Gasteiger partial charge in [0.25, 0.3) is 0 Å². The Morgan fingerprint density at radius 3 is 2.52 bits per heavy atom. The fourth-order valence-corrected chi connectivity index (χ4v) is 4.80. The maximum Gasteiger partial charge on any atom is 0.216 e. The summed E-state index contributed by atoms with van der Waals surface area (Å²) in [6, 6.07) is 22.9. The van der Waals surface area contributed by atoms with Gasteiger partial charge in [-0.1, -0.05) is 41.9 Å². The number of nitriles is 1. The van der Waals surface area contributed by atoms with Gasteiger partial charge in [-0.05, 0) is 54.1 Å². The van der Waals surface area contributed by atoms with Gasteiger partial charge in [-0.2, -0.15) is 5.26 Å². The Hall–Kier alpha value is -3.53. The molecule has 1 heterocycles. The van der Waals surface area contributed by atoms with Gasteiger partial charge in [0.15, 0.2) is 0 Å². The van der Waals surface area contributed by atoms with E-state index in [0.29, 0.717) is 22.8 Å². The zero-order chi connectivity index (χ0) is 22.0. The Kier molecular flexibility index (Phi) is 5.55. The number of anilines is 1. The molecule has 0 amide bonds. The van der Waals surface area contributed by atoms with Crippen molar-refractivity contribution in [2.45, 2.75) is 11.4 Å². The standard InChI is InChI=1S/C24H18ClN3O2S/c25-19-5-3-4-17(12-19)15-28-16-18(23-6-1-2-7-24(23)28)13-22(14-26)31(29,30)21-10-8-20(27)9-11-21/h1-13,16H,15,27H2/b22-13+. The van der Waals surface area contributed by atoms with Crippen molar-refractivity contribution in [3.63, 3.8) is 0 Å². The summed E-state index contributed by atoms with van der Waals surface area (Å²) in [6.07, 6.45) is 3.27. The van der Waals surface area contributed by atoms with Gasteiger partial charge >= 0.3 is 0 Å². The topological polar surface area (TPSA) is 88.9 Å². The Morgan fingerprint density at radius 1 is 1.06 bits per heavy atom. The van der Waals surface area contributed by atoms with Gasteiger partial charge in [0.2, 0.25) is 9.84 Å². The fourth-order valence-electron chi connectivity index (χ4n) is 3.44. The van der Waals surface area contributed by atoms with E-state index in [2.05, 4.69) is 0 Å². The van der Waals surface area contributed by atoms with Gasteiger partial charge in [-0.3, -0.25) is 0 Å². The monoisotopic (exact) mass is 447 g/mol. The number of allylic oxidation sites excluding steroid dienone is 1. The maximum absolute atomic E-state index is 13.0. The molecule has 2 N–H and O–H groups in total. The van der Waals surface area contributed by atoms with E-state index in [1.165, 1.54) is 30.3 Å². The number of aromatic nitrogens is 1. The Bertz CT molecular complexity index is 1450. The number of nitrogens with zero attached hydrogens (tertiary/aromatic N) is 2. The summed E-state index contributed by atoms with van der Waals surface area (Å²) in [7, 11) is -3.97. The summed E-state index contributed by atoms with van der Waals surface area (Å²) in [4.78, 5) is -0.305. The number of nitrogens with two attached hydrogens (primary N) is 1. The zero-order valence-electron chi connectivity index (χ0n) is 16.4. The van der Waals surface area contributed by atoms with Gasteiger partial charge in [-0.15, -0.1) is 0 Å². The van der Waals surface area contributed by atoms with Gasteiger partial charge in [0.05, 0.1) is 4.90 Å². The second-order valence-electron chi connectivity index (χ2n) is 7.05. The summed E-state index contributed by atoms with van der Waals surface area (Å²) >= 11 is 6.11. The number of benzene rings is 3. The largest absolute Gasteiger partial charge is 0.399 e. The van der Waals surface area contributed by atoms with Crippen molar-refractivity contribution in [1.82, 2.24) is 4.57 Å². The number of nitrogen functional groups attached to an aromatic ring is 1. The summed E-state index contributed by atoms with van der Waals surface area (Å²) in [6.45, 7) is 0.557. The average molecular weight is 448 g/mol. The maximum atomic E-state index is 13.0. The molecule has 5 nitrogen and oxygen atoms in total. The quantitative estimate of drug-likeness (QED) is 0.333. The second kappa shape index (κ2) is 8.31. The first-order valence-corrected chi connectivity index (χ1v) is 11.3. The van der Waals surface area contributed by atoms with Crippen molar-refractivity contribution < 1.29 is 8.42 Å². The molecule has 0 aliphatic rings. The summed E-state index contributed by atoms with van der Waals surface area (Å²) in [5.41, 5.74) is 8.69. The third kappa shape index (κ3) is 4.19. The highest BCUT2D eigenvalue weighted by atomic mass is 35.5. The number of hydrogen-bond donors (Lipinski definition) is 1. The van der Waals surface area contributed by atoms with Crippen LogP contribution >= 0.6 is 11.6 Å². The van der Waals surface area contributed by atoms with Crippen LogP contribution in [-0.2, 0) is 16.4 Å². The molecular weight excluding hydrogens is 430 g/mol. The molecule has 154 valence electrons. The second-order valence-corrected chi connectivity index (χ2v) is 9.41. The van der Waals surface area contributed by atoms with Crippen LogP contribution in [0.25, 0.3) is 17.0 Å². The Balaban J connectivity index is 1.81. The average Bonchev–Trinajstić information content (AvgIpc) is 3.09. The molecule has 0 radical (unpaired) electrons. The van der Waals surface area contributed by atoms with Crippen LogP contribution in [0, 0.1) is 11.3 Å². The molecular formula is C24H18ClN3O2S. The Morgan fingerprint density at radius 2 is 1.81 bits per heavy atom. The van der Waals surface area contributed by atoms with E-state index in [-0.39, 0.29) is 9.80 Å². The van der Waals surface area contributed by atoms with Crippen molar-refractivity contribution >= 4 is 44.1 Å². The molecule has 0 fully saturated rings. The number of halogens is 1. The van der Waals surface area contributed by atoms with E-state index in [0.717, 1.165) is 16.5 Å². The molecule has 1 aromatic heterocycles. The lowest BCUT2D eigenvalue weighted by Gasteiger charge is -2.06. The van der Waals surface area contributed by atoms with E-state index in [1.54, 1.807) is 0 Å². The van der Waals surface area contributed by atoms with Crippen LogP contribution < -0.4 is 5.73 Å². The van der Waals surface area contributed by atoms with E-state index >= 15 is 0 Å². The van der Waals surface area contributed by atoms with Crippen molar-refractivity contribution in [3.8, 4) is 6.07 Å². The van der Waals surface area contributed by atoms with Crippen LogP contribution in [0.2, 0.25) is 5.02 Å². The molecule has 4 aromatic rings. The van der Waals surface area contributed by atoms with E-state index in [9.17, 15) is 13.7 Å². The van der Waals surface area contributed by atoms with Crippen molar-refractivity contribution in [2.24, 2.45) is 0 Å². The molecule has 0 bridgehead atoms. The van der Waals surface area contributed by atoms with Crippen LogP contribution in [0.1, 0.15) is 11.1 Å². The molecule has 0 saturated carbocycles. The van der Waals surface area contributed by atoms with Crippen LogP contribution in [0.5, 0.6) is 0 Å². The molecule has 7 heteroatoms. The van der Waals surface area contributed by atoms with Gasteiger partial charge < -0.3 is 10.3 Å². The minimum atomic E-state index is -3.97. The van der Waals surface area contributed by atoms with E-state index < -0.39 is 9.84 Å². The minimum Gasteiger partial charge on any atom is -0.399 e. The third-order valence-corrected chi connectivity index (χ3v) is 6.85. The van der Waals surface area contributed by atoms with Crippen LogP contribution in [0.4, 0.5) is 5.69 Å². The smallest absolute Gasteiger partial charge is 0.216 e. The summed E-state index contributed by atoms with van der Waals surface area (Å²) in [5, 5.41) is 11.1. The highest BCUT2D eigenvalue weighted by Crippen LogP contribution is 2.28. The fraction of sp³-hybridized carbons (Fsp3) is 0.0417. The molecule has 0 atom stereocenters. The lowest BCUT2D eigenvalue weighted by molar-refractivity contribution is 0.603. The van der Waals surface area contributed by atoms with E-state index in [4.69, 9.17) is 17.3 Å². The molecule has 0 unspecified atom stereocenters. The normalized spacial score (nSPS) is 12.1. The Labute approximate surface area is 185 Å². The predicted molar refractivity (Wildman–Crippen MR) is 124 cm³/mol. The van der Waals surface area contributed by atoms with Gasteiger partial charge in [0.1, 0.15) is 11.0 Å². The first-order chi connectivity index (χ1) is 14.9. The SMILES string of the molecule is N#C/C(=C\c1cn(Cc2cccc(Cl)c2)c2ccccc12)S(=O)(=O)c1ccc(N)cc1. The zero-order valence-corrected chi connectivity index (χ0v) is 17.9. The molecule has 0 aliphatic heterocycles. The molecule has 0 spiro atoms.